The highest BCUT2D eigenvalue weighted by Gasteiger charge is 2.26. The van der Waals surface area contributed by atoms with Gasteiger partial charge in [0.25, 0.3) is 21.9 Å². The van der Waals surface area contributed by atoms with Gasteiger partial charge in [0.05, 0.1) is 36.5 Å². The van der Waals surface area contributed by atoms with Crippen molar-refractivity contribution in [2.45, 2.75) is 50.6 Å². The lowest BCUT2D eigenvalue weighted by molar-refractivity contribution is 0.0890. The molecular weight excluding hydrogens is 649 g/mol. The van der Waals surface area contributed by atoms with Crippen molar-refractivity contribution in [3.63, 3.8) is 0 Å². The van der Waals surface area contributed by atoms with Gasteiger partial charge in [0.2, 0.25) is 5.88 Å². The third kappa shape index (κ3) is 8.86. The van der Waals surface area contributed by atoms with Crippen molar-refractivity contribution in [2.75, 3.05) is 12.9 Å². The molecule has 0 saturated heterocycles. The number of para-hydroxylation sites is 1. The third-order valence-electron chi connectivity index (χ3n) is 8.40. The maximum atomic E-state index is 14.3. The van der Waals surface area contributed by atoms with Gasteiger partial charge in [0, 0.05) is 12.1 Å². The number of nitrogens with one attached hydrogen (secondary N) is 3. The van der Waals surface area contributed by atoms with Crippen LogP contribution in [0.3, 0.4) is 0 Å². The van der Waals surface area contributed by atoms with Gasteiger partial charge < -0.3 is 20.4 Å². The number of hydrogen-bond donors (Lipinski definition) is 3. The quantitative estimate of drug-likeness (QED) is 0.108. The van der Waals surface area contributed by atoms with Crippen molar-refractivity contribution in [3.8, 4) is 22.8 Å². The van der Waals surface area contributed by atoms with E-state index >= 15 is 0 Å². The molecule has 0 radical (unpaired) electrons. The number of carbonyl (C=O) groups is 2. The lowest BCUT2D eigenvalue weighted by atomic mass is 9.90. The van der Waals surface area contributed by atoms with E-state index in [1.165, 1.54) is 0 Å². The van der Waals surface area contributed by atoms with Crippen LogP contribution < -0.4 is 15.4 Å². The van der Waals surface area contributed by atoms with Gasteiger partial charge >= 0.3 is 0 Å². The summed E-state index contributed by atoms with van der Waals surface area (Å²) >= 11 is 0. The number of aromatic amines is 1. The second-order valence-corrected chi connectivity index (χ2v) is 13.7. The molecule has 1 saturated carbocycles. The standard InChI is InChI=1S/C36H36FN5O6S/c1-49(45,46)47-18-4-5-23-10-12-24(13-11-23)25-6-2-7-29(19-25)48-36-31(20-26(37)21-38-36)35(44)42-28-16-14-27(15-17-28)41-34(43)30-8-3-9-32-33(30)40-22-39-32/h2-3,6-13,19-22,27-28H,4-5,14-18H2,1H3,(H,39,40)(H,41,43)(H,42,44)/t27-,28-. The SMILES string of the molecule is CS(=O)(=O)OCCCc1ccc(-c2cccc(Oc3ncc(F)cc3C(=O)N[C@H]3CC[C@H](NC(=O)c4cccc5[nH]cnc45)CC3)c2)cc1. The molecule has 3 aromatic carbocycles. The van der Waals surface area contributed by atoms with Crippen LogP contribution in [-0.2, 0) is 20.7 Å². The van der Waals surface area contributed by atoms with Crippen LogP contribution in [0.5, 0.6) is 11.6 Å². The number of fused-ring (bicyclic) bond motifs is 1. The summed E-state index contributed by atoms with van der Waals surface area (Å²) in [5.41, 5.74) is 4.74. The fourth-order valence-corrected chi connectivity index (χ4v) is 6.35. The van der Waals surface area contributed by atoms with Gasteiger partial charge in [-0.2, -0.15) is 8.42 Å². The normalized spacial score (nSPS) is 16.3. The first-order valence-corrected chi connectivity index (χ1v) is 17.8. The van der Waals surface area contributed by atoms with Crippen molar-refractivity contribution in [1.29, 1.82) is 0 Å². The number of hydrogen-bond acceptors (Lipinski definition) is 8. The van der Waals surface area contributed by atoms with Crippen LogP contribution in [0.2, 0.25) is 0 Å². The van der Waals surface area contributed by atoms with Gasteiger partial charge in [0.15, 0.2) is 0 Å². The Morgan fingerprint density at radius 1 is 0.878 bits per heavy atom. The monoisotopic (exact) mass is 685 g/mol. The lowest BCUT2D eigenvalue weighted by Gasteiger charge is -2.29. The number of aryl methyl sites for hydroxylation is 1. The van der Waals surface area contributed by atoms with E-state index in [-0.39, 0.29) is 36.0 Å². The second-order valence-electron chi connectivity index (χ2n) is 12.1. The Labute approximate surface area is 283 Å². The van der Waals surface area contributed by atoms with Crippen molar-refractivity contribution >= 4 is 33.0 Å². The summed E-state index contributed by atoms with van der Waals surface area (Å²) in [6.07, 6.45) is 7.45. The zero-order valence-corrected chi connectivity index (χ0v) is 27.6. The number of aromatic nitrogens is 3. The third-order valence-corrected chi connectivity index (χ3v) is 8.99. The van der Waals surface area contributed by atoms with E-state index in [0.717, 1.165) is 40.7 Å². The topological polar surface area (TPSA) is 152 Å². The molecule has 2 heterocycles. The molecule has 11 nitrogen and oxygen atoms in total. The van der Waals surface area contributed by atoms with E-state index in [4.69, 9.17) is 8.92 Å². The maximum Gasteiger partial charge on any atom is 0.264 e. The highest BCUT2D eigenvalue weighted by Crippen LogP contribution is 2.29. The molecule has 0 bridgehead atoms. The Morgan fingerprint density at radius 2 is 1.57 bits per heavy atom. The van der Waals surface area contributed by atoms with Crippen LogP contribution in [0.4, 0.5) is 4.39 Å². The lowest BCUT2D eigenvalue weighted by Crippen LogP contribution is -2.44. The number of halogens is 1. The number of ether oxygens (including phenoxy) is 1. The molecule has 0 aliphatic heterocycles. The molecule has 6 rings (SSSR count). The minimum atomic E-state index is -3.45. The number of pyridine rings is 1. The molecule has 3 N–H and O–H groups in total. The molecule has 1 aliphatic carbocycles. The number of benzene rings is 3. The maximum absolute atomic E-state index is 14.3. The van der Waals surface area contributed by atoms with Gasteiger partial charge in [-0.3, -0.25) is 13.8 Å². The Kier molecular flexibility index (Phi) is 10.3. The summed E-state index contributed by atoms with van der Waals surface area (Å²) in [5.74, 6) is -0.931. The van der Waals surface area contributed by atoms with E-state index in [9.17, 15) is 22.4 Å². The first kappa shape index (κ1) is 33.7. The van der Waals surface area contributed by atoms with Gasteiger partial charge in [-0.15, -0.1) is 0 Å². The summed E-state index contributed by atoms with van der Waals surface area (Å²) in [4.78, 5) is 37.7. The van der Waals surface area contributed by atoms with E-state index in [1.807, 2.05) is 54.6 Å². The molecule has 2 aromatic heterocycles. The zero-order valence-electron chi connectivity index (χ0n) is 26.8. The first-order valence-electron chi connectivity index (χ1n) is 16.0. The van der Waals surface area contributed by atoms with Crippen LogP contribution in [0.1, 0.15) is 58.4 Å². The van der Waals surface area contributed by atoms with E-state index in [1.54, 1.807) is 18.5 Å². The Bertz CT molecular complexity index is 2060. The summed E-state index contributed by atoms with van der Waals surface area (Å²) in [5, 5.41) is 6.08. The summed E-state index contributed by atoms with van der Waals surface area (Å²) in [7, 11) is -3.45. The molecule has 5 aromatic rings. The Hall–Kier alpha value is -5.14. The molecule has 0 atom stereocenters. The molecule has 49 heavy (non-hydrogen) atoms. The highest BCUT2D eigenvalue weighted by atomic mass is 32.2. The second kappa shape index (κ2) is 15.0. The van der Waals surface area contributed by atoms with Crippen LogP contribution >= 0.6 is 0 Å². The fraction of sp³-hybridized carbons (Fsp3) is 0.278. The smallest absolute Gasteiger partial charge is 0.264 e. The van der Waals surface area contributed by atoms with Crippen molar-refractivity contribution in [1.82, 2.24) is 25.6 Å². The van der Waals surface area contributed by atoms with E-state index in [2.05, 4.69) is 25.6 Å². The molecular formula is C36H36FN5O6S. The minimum Gasteiger partial charge on any atom is -0.438 e. The van der Waals surface area contributed by atoms with Crippen molar-refractivity contribution in [3.05, 3.63) is 108 Å². The predicted octanol–water partition coefficient (Wildman–Crippen LogP) is 5.94. The predicted molar refractivity (Wildman–Crippen MR) is 182 cm³/mol. The van der Waals surface area contributed by atoms with Crippen molar-refractivity contribution < 1.29 is 31.3 Å². The average Bonchev–Trinajstić information content (AvgIpc) is 3.58. The van der Waals surface area contributed by atoms with Crippen LogP contribution in [0.25, 0.3) is 22.2 Å². The van der Waals surface area contributed by atoms with E-state index < -0.39 is 21.8 Å². The van der Waals surface area contributed by atoms with Crippen LogP contribution in [0.15, 0.2) is 85.3 Å². The first-order chi connectivity index (χ1) is 23.6. The minimum absolute atomic E-state index is 0.0165. The summed E-state index contributed by atoms with van der Waals surface area (Å²) < 4.78 is 47.4. The molecule has 13 heteroatoms. The highest BCUT2D eigenvalue weighted by molar-refractivity contribution is 7.85. The number of amides is 2. The fourth-order valence-electron chi connectivity index (χ4n) is 5.93. The van der Waals surface area contributed by atoms with Gasteiger partial charge in [-0.25, -0.2) is 14.4 Å². The van der Waals surface area contributed by atoms with Crippen LogP contribution in [0, 0.1) is 5.82 Å². The summed E-state index contributed by atoms with van der Waals surface area (Å²) in [6, 6.07) is 21.5. The molecule has 0 unspecified atom stereocenters. The van der Waals surface area contributed by atoms with Gasteiger partial charge in [-0.05, 0) is 85.5 Å². The van der Waals surface area contributed by atoms with E-state index in [0.29, 0.717) is 55.4 Å². The Balaban J connectivity index is 1.04. The largest absolute Gasteiger partial charge is 0.438 e. The molecule has 2 amide bonds. The number of H-pyrrole nitrogens is 1. The summed E-state index contributed by atoms with van der Waals surface area (Å²) in [6.45, 7) is 0.129. The van der Waals surface area contributed by atoms with Crippen LogP contribution in [-0.4, -0.2) is 60.1 Å². The number of carbonyl (C=O) groups excluding carboxylic acids is 2. The average molecular weight is 686 g/mol. The molecule has 1 aliphatic rings. The van der Waals surface area contributed by atoms with Gasteiger partial charge in [-0.1, -0.05) is 42.5 Å². The molecule has 1 fully saturated rings. The zero-order chi connectivity index (χ0) is 34.4. The van der Waals surface area contributed by atoms with Crippen molar-refractivity contribution in [2.24, 2.45) is 0 Å². The Morgan fingerprint density at radius 3 is 2.29 bits per heavy atom. The number of imidazole rings is 1. The number of nitrogens with zero attached hydrogens (tertiary/aromatic N) is 2. The molecule has 0 spiro atoms. The molecule has 254 valence electrons. The van der Waals surface area contributed by atoms with Gasteiger partial charge in [0.1, 0.15) is 22.6 Å². The number of rotatable bonds is 12.